The summed E-state index contributed by atoms with van der Waals surface area (Å²) < 4.78 is 12.0. The summed E-state index contributed by atoms with van der Waals surface area (Å²) in [4.78, 5) is 4.78. The van der Waals surface area contributed by atoms with Gasteiger partial charge in [-0.1, -0.05) is 5.16 Å². The fourth-order valence-electron chi connectivity index (χ4n) is 5.25. The van der Waals surface area contributed by atoms with Crippen LogP contribution in [0.4, 0.5) is 0 Å². The van der Waals surface area contributed by atoms with Crippen molar-refractivity contribution in [2.24, 2.45) is 23.7 Å². The molecule has 176 valence electrons. The van der Waals surface area contributed by atoms with E-state index in [2.05, 4.69) is 41.2 Å². The largest absolute Gasteiger partial charge is 0.493 e. The lowest BCUT2D eigenvalue weighted by Crippen LogP contribution is -2.35. The highest BCUT2D eigenvalue weighted by Gasteiger charge is 2.37. The van der Waals surface area contributed by atoms with E-state index < -0.39 is 0 Å². The molecule has 2 saturated carbocycles. The second-order valence-corrected chi connectivity index (χ2v) is 10.8. The number of rotatable bonds is 11. The Kier molecular flexibility index (Phi) is 6.72. The van der Waals surface area contributed by atoms with E-state index in [4.69, 9.17) is 9.26 Å². The first-order chi connectivity index (χ1) is 15.6. The summed E-state index contributed by atoms with van der Waals surface area (Å²) in [6, 6.07) is 4.28. The molecule has 1 aromatic heterocycles. The molecule has 1 N–H and O–H groups in total. The number of nitrogens with zero attached hydrogens (tertiary/aromatic N) is 3. The molecule has 6 nitrogen and oxygen atoms in total. The van der Waals surface area contributed by atoms with Crippen LogP contribution in [0.15, 0.2) is 16.7 Å². The molecule has 2 atom stereocenters. The molecule has 1 aliphatic heterocycles. The fraction of sp³-hybridized carbons (Fsp3) is 0.731. The van der Waals surface area contributed by atoms with Crippen molar-refractivity contribution in [2.45, 2.75) is 51.5 Å². The minimum atomic E-state index is 0.372. The predicted octanol–water partition coefficient (Wildman–Crippen LogP) is 3.95. The van der Waals surface area contributed by atoms with Crippen LogP contribution in [0.2, 0.25) is 0 Å². The Hall–Kier alpha value is -1.63. The zero-order valence-corrected chi connectivity index (χ0v) is 19.8. The zero-order chi connectivity index (χ0) is 22.1. The van der Waals surface area contributed by atoms with Gasteiger partial charge in [0.05, 0.1) is 17.9 Å². The molecule has 2 aromatic rings. The third-order valence-corrected chi connectivity index (χ3v) is 7.71. The first-order valence-corrected chi connectivity index (χ1v) is 12.6. The van der Waals surface area contributed by atoms with E-state index in [0.29, 0.717) is 12.5 Å². The Labute approximate surface area is 191 Å². The zero-order valence-electron chi connectivity index (χ0n) is 19.8. The van der Waals surface area contributed by atoms with E-state index in [1.165, 1.54) is 58.2 Å². The van der Waals surface area contributed by atoms with Crippen molar-refractivity contribution in [2.75, 3.05) is 46.9 Å². The summed E-state index contributed by atoms with van der Waals surface area (Å²) >= 11 is 0. The van der Waals surface area contributed by atoms with Crippen molar-refractivity contribution >= 4 is 11.0 Å². The van der Waals surface area contributed by atoms with Crippen molar-refractivity contribution in [3.05, 3.63) is 23.4 Å². The second kappa shape index (κ2) is 9.70. The second-order valence-electron chi connectivity index (χ2n) is 10.8. The number of aromatic nitrogens is 1. The van der Waals surface area contributed by atoms with Gasteiger partial charge in [0.2, 0.25) is 0 Å². The van der Waals surface area contributed by atoms with E-state index in [-0.39, 0.29) is 0 Å². The number of aliphatic hydroxyl groups is 1. The van der Waals surface area contributed by atoms with Crippen molar-refractivity contribution < 1.29 is 14.4 Å². The average Bonchev–Trinajstić information content (AvgIpc) is 3.71. The van der Waals surface area contributed by atoms with Crippen LogP contribution in [-0.2, 0) is 13.0 Å². The smallest absolute Gasteiger partial charge is 0.175 e. The molecule has 0 spiro atoms. The topological polar surface area (TPSA) is 62.0 Å². The third-order valence-electron chi connectivity index (χ3n) is 7.71. The molecule has 2 aliphatic carbocycles. The van der Waals surface area contributed by atoms with Gasteiger partial charge in [-0.05, 0) is 108 Å². The minimum Gasteiger partial charge on any atom is -0.493 e. The lowest BCUT2D eigenvalue weighted by Gasteiger charge is -2.32. The van der Waals surface area contributed by atoms with Gasteiger partial charge in [0.15, 0.2) is 5.58 Å². The van der Waals surface area contributed by atoms with Gasteiger partial charge in [-0.15, -0.1) is 0 Å². The first-order valence-electron chi connectivity index (χ1n) is 12.6. The molecule has 1 aromatic carbocycles. The van der Waals surface area contributed by atoms with Crippen LogP contribution in [0.1, 0.15) is 49.8 Å². The highest BCUT2D eigenvalue weighted by Crippen LogP contribution is 2.39. The molecular weight excluding hydrogens is 402 g/mol. The normalized spacial score (nSPS) is 24.5. The number of hydrogen-bond donors (Lipinski definition) is 1. The summed E-state index contributed by atoms with van der Waals surface area (Å²) in [7, 11) is 4.17. The van der Waals surface area contributed by atoms with E-state index in [1.54, 1.807) is 0 Å². The van der Waals surface area contributed by atoms with Crippen molar-refractivity contribution in [3.63, 3.8) is 0 Å². The number of aliphatic hydroxyl groups excluding tert-OH is 1. The molecule has 3 fully saturated rings. The highest BCUT2D eigenvalue weighted by molar-refractivity contribution is 5.84. The Morgan fingerprint density at radius 2 is 1.94 bits per heavy atom. The van der Waals surface area contributed by atoms with E-state index in [9.17, 15) is 5.11 Å². The Balaban J connectivity index is 1.18. The lowest BCUT2D eigenvalue weighted by atomic mass is 9.91. The average molecular weight is 442 g/mol. The van der Waals surface area contributed by atoms with Crippen LogP contribution in [0.3, 0.4) is 0 Å². The Bertz CT molecular complexity index is 899. The van der Waals surface area contributed by atoms with E-state index in [1.807, 2.05) is 0 Å². The number of aryl methyl sites for hydroxylation is 1. The lowest BCUT2D eigenvalue weighted by molar-refractivity contribution is 0.166. The van der Waals surface area contributed by atoms with Gasteiger partial charge in [-0.3, -0.25) is 0 Å². The molecule has 0 bridgehead atoms. The standard InChI is InChI=1S/C26H39N3O3/c1-28(2)15-23-25(31-17-19-3-4-19)8-6-22-24(27-32-26(22)23)7-5-18-9-11-29(12-10-18)14-20-13-21(20)16-30/h6,8,18-21,30H,3-5,7,9-17H2,1-2H3/t20-,21+/m1/s1. The predicted molar refractivity (Wildman–Crippen MR) is 126 cm³/mol. The first kappa shape index (κ1) is 22.2. The quantitative estimate of drug-likeness (QED) is 0.570. The Morgan fingerprint density at radius 1 is 1.12 bits per heavy atom. The van der Waals surface area contributed by atoms with Crippen molar-refractivity contribution in [1.29, 1.82) is 0 Å². The highest BCUT2D eigenvalue weighted by atomic mass is 16.5. The van der Waals surface area contributed by atoms with Crippen LogP contribution < -0.4 is 4.74 Å². The van der Waals surface area contributed by atoms with E-state index in [0.717, 1.165) is 65.3 Å². The van der Waals surface area contributed by atoms with Crippen molar-refractivity contribution in [1.82, 2.24) is 15.0 Å². The monoisotopic (exact) mass is 441 g/mol. The molecular formula is C26H39N3O3. The number of ether oxygens (including phenoxy) is 1. The molecule has 2 heterocycles. The van der Waals surface area contributed by atoms with Gasteiger partial charge in [0.25, 0.3) is 0 Å². The number of hydrogen-bond acceptors (Lipinski definition) is 6. The van der Waals surface area contributed by atoms with Gasteiger partial charge in [-0.25, -0.2) is 0 Å². The summed E-state index contributed by atoms with van der Waals surface area (Å²) in [6.45, 7) is 5.57. The maximum atomic E-state index is 9.27. The van der Waals surface area contributed by atoms with Crippen LogP contribution in [0.25, 0.3) is 11.0 Å². The van der Waals surface area contributed by atoms with Crippen LogP contribution in [-0.4, -0.2) is 67.0 Å². The van der Waals surface area contributed by atoms with Gasteiger partial charge >= 0.3 is 0 Å². The number of fused-ring (bicyclic) bond motifs is 1. The van der Waals surface area contributed by atoms with E-state index >= 15 is 0 Å². The van der Waals surface area contributed by atoms with Gasteiger partial charge in [-0.2, -0.15) is 0 Å². The summed E-state index contributed by atoms with van der Waals surface area (Å²) in [5, 5.41) is 14.9. The van der Waals surface area contributed by atoms with Gasteiger partial charge in [0, 0.05) is 25.1 Å². The maximum Gasteiger partial charge on any atom is 0.175 e. The molecule has 0 radical (unpaired) electrons. The maximum absolute atomic E-state index is 9.27. The molecule has 32 heavy (non-hydrogen) atoms. The number of piperidine rings is 1. The SMILES string of the molecule is CN(C)Cc1c(OCC2CC2)ccc2c(CCC3CCN(C[C@H]4C[C@H]4CO)CC3)noc12. The minimum absolute atomic E-state index is 0.372. The van der Waals surface area contributed by atoms with Gasteiger partial charge < -0.3 is 24.2 Å². The molecule has 1 saturated heterocycles. The van der Waals surface area contributed by atoms with Crippen LogP contribution in [0.5, 0.6) is 5.75 Å². The fourth-order valence-corrected chi connectivity index (χ4v) is 5.25. The van der Waals surface area contributed by atoms with Crippen molar-refractivity contribution in [3.8, 4) is 5.75 Å². The summed E-state index contributed by atoms with van der Waals surface area (Å²) in [5.74, 6) is 3.77. The summed E-state index contributed by atoms with van der Waals surface area (Å²) in [6.07, 6.45) is 8.52. The van der Waals surface area contributed by atoms with Gasteiger partial charge in [0.1, 0.15) is 5.75 Å². The molecule has 3 aliphatic rings. The number of likely N-dealkylation sites (tertiary alicyclic amines) is 1. The molecule has 5 rings (SSSR count). The third kappa shape index (κ3) is 5.29. The Morgan fingerprint density at radius 3 is 2.62 bits per heavy atom. The summed E-state index contributed by atoms with van der Waals surface area (Å²) in [5.41, 5.74) is 3.13. The number of benzene rings is 1. The molecule has 0 amide bonds. The molecule has 0 unspecified atom stereocenters. The van der Waals surface area contributed by atoms with Crippen LogP contribution >= 0.6 is 0 Å². The van der Waals surface area contributed by atoms with Crippen LogP contribution in [0, 0.1) is 23.7 Å². The molecule has 6 heteroatoms.